The first-order valence-electron chi connectivity index (χ1n) is 4.14. The Labute approximate surface area is 72.7 Å². The van der Waals surface area contributed by atoms with Gasteiger partial charge in [-0.3, -0.25) is 4.90 Å². The Morgan fingerprint density at radius 1 is 1.67 bits per heavy atom. The van der Waals surface area contributed by atoms with Crippen LogP contribution in [0.1, 0.15) is 20.3 Å². The van der Waals surface area contributed by atoms with Gasteiger partial charge in [-0.2, -0.15) is 0 Å². The molecule has 1 aliphatic heterocycles. The van der Waals surface area contributed by atoms with Crippen LogP contribution in [0.4, 0.5) is 4.79 Å². The van der Waals surface area contributed by atoms with E-state index in [9.17, 15) is 4.79 Å². The van der Waals surface area contributed by atoms with Crippen LogP contribution in [0.25, 0.3) is 0 Å². The first kappa shape index (κ1) is 8.92. The van der Waals surface area contributed by atoms with Crippen molar-refractivity contribution in [3.8, 4) is 11.8 Å². The summed E-state index contributed by atoms with van der Waals surface area (Å²) in [6, 6.07) is 0.170. The van der Waals surface area contributed by atoms with E-state index < -0.39 is 0 Å². The normalized spacial score (nSPS) is 21.7. The van der Waals surface area contributed by atoms with Gasteiger partial charge < -0.3 is 4.74 Å². The second-order valence-electron chi connectivity index (χ2n) is 2.76. The van der Waals surface area contributed by atoms with Gasteiger partial charge in [-0.25, -0.2) is 4.79 Å². The van der Waals surface area contributed by atoms with E-state index in [1.54, 1.807) is 4.90 Å². The summed E-state index contributed by atoms with van der Waals surface area (Å²) >= 11 is 0. The highest BCUT2D eigenvalue weighted by Crippen LogP contribution is 2.09. The second-order valence-corrected chi connectivity index (χ2v) is 2.76. The van der Waals surface area contributed by atoms with Gasteiger partial charge in [0.2, 0.25) is 0 Å². The maximum atomic E-state index is 11.0. The van der Waals surface area contributed by atoms with Crippen LogP contribution in [0, 0.1) is 11.8 Å². The molecule has 12 heavy (non-hydrogen) atoms. The van der Waals surface area contributed by atoms with Crippen LogP contribution in [-0.4, -0.2) is 30.2 Å². The van der Waals surface area contributed by atoms with Crippen molar-refractivity contribution >= 4 is 6.09 Å². The zero-order chi connectivity index (χ0) is 8.97. The molecule has 1 fully saturated rings. The molecule has 0 aromatic rings. The fourth-order valence-corrected chi connectivity index (χ4v) is 1.03. The minimum absolute atomic E-state index is 0.170. The quantitative estimate of drug-likeness (QED) is 0.550. The number of rotatable bonds is 1. The number of hydrogen-bond donors (Lipinski definition) is 0. The zero-order valence-electron chi connectivity index (χ0n) is 7.46. The van der Waals surface area contributed by atoms with Gasteiger partial charge in [0.05, 0.1) is 12.6 Å². The van der Waals surface area contributed by atoms with Crippen molar-refractivity contribution in [2.45, 2.75) is 26.3 Å². The molecule has 0 bridgehead atoms. The smallest absolute Gasteiger partial charge is 0.410 e. The van der Waals surface area contributed by atoms with Crippen LogP contribution in [-0.2, 0) is 4.74 Å². The first-order chi connectivity index (χ1) is 5.75. The molecule has 1 amide bonds. The molecule has 0 saturated carbocycles. The van der Waals surface area contributed by atoms with Gasteiger partial charge in [0.25, 0.3) is 0 Å². The summed E-state index contributed by atoms with van der Waals surface area (Å²) in [6.45, 7) is 4.93. The number of cyclic esters (lactones) is 1. The van der Waals surface area contributed by atoms with E-state index in [0.29, 0.717) is 13.2 Å². The van der Waals surface area contributed by atoms with Crippen molar-refractivity contribution < 1.29 is 9.53 Å². The fourth-order valence-electron chi connectivity index (χ4n) is 1.03. The molecule has 0 aromatic carbocycles. The number of hydrogen-bond acceptors (Lipinski definition) is 2. The van der Waals surface area contributed by atoms with E-state index in [-0.39, 0.29) is 12.1 Å². The molecule has 1 unspecified atom stereocenters. The average molecular weight is 167 g/mol. The van der Waals surface area contributed by atoms with E-state index in [4.69, 9.17) is 4.74 Å². The summed E-state index contributed by atoms with van der Waals surface area (Å²) in [5, 5.41) is 0. The molecule has 0 spiro atoms. The third kappa shape index (κ3) is 1.91. The monoisotopic (exact) mass is 167 g/mol. The Kier molecular flexibility index (Phi) is 2.98. The lowest BCUT2D eigenvalue weighted by Crippen LogP contribution is -2.31. The minimum Gasteiger partial charge on any atom is -0.447 e. The molecule has 0 aromatic heterocycles. The summed E-state index contributed by atoms with van der Waals surface area (Å²) < 4.78 is 4.83. The van der Waals surface area contributed by atoms with E-state index in [2.05, 4.69) is 11.8 Å². The lowest BCUT2D eigenvalue weighted by Gasteiger charge is -2.13. The number of amides is 1. The fraction of sp³-hybridized carbons (Fsp3) is 0.667. The van der Waals surface area contributed by atoms with Crippen molar-refractivity contribution in [1.82, 2.24) is 4.90 Å². The highest BCUT2D eigenvalue weighted by atomic mass is 16.6. The number of carbonyl (C=O) groups is 1. The molecule has 3 nitrogen and oxygen atoms in total. The second kappa shape index (κ2) is 4.01. The topological polar surface area (TPSA) is 29.5 Å². The Bertz CT molecular complexity index is 226. The molecule has 3 heteroatoms. The largest absolute Gasteiger partial charge is 0.447 e. The molecule has 0 aliphatic carbocycles. The van der Waals surface area contributed by atoms with Gasteiger partial charge in [0, 0.05) is 6.42 Å². The van der Waals surface area contributed by atoms with Crippen LogP contribution in [0.3, 0.4) is 0 Å². The van der Waals surface area contributed by atoms with Crippen LogP contribution in [0.5, 0.6) is 0 Å². The maximum Gasteiger partial charge on any atom is 0.410 e. The highest BCUT2D eigenvalue weighted by molar-refractivity contribution is 5.70. The maximum absolute atomic E-state index is 11.0. The summed E-state index contributed by atoms with van der Waals surface area (Å²) in [7, 11) is 0. The van der Waals surface area contributed by atoms with Crippen molar-refractivity contribution in [2.24, 2.45) is 0 Å². The molecule has 1 saturated heterocycles. The standard InChI is InChI=1S/C9H13NO2/c1-3-4-5-6-10-8(2)7-12-9(10)11/h8H,3,6-7H2,1-2H3. The molecule has 0 N–H and O–H groups in total. The van der Waals surface area contributed by atoms with Gasteiger partial charge in [-0.05, 0) is 6.92 Å². The van der Waals surface area contributed by atoms with E-state index >= 15 is 0 Å². The van der Waals surface area contributed by atoms with Crippen molar-refractivity contribution in [1.29, 1.82) is 0 Å². The number of nitrogens with zero attached hydrogens (tertiary/aromatic N) is 1. The van der Waals surface area contributed by atoms with Crippen molar-refractivity contribution in [3.63, 3.8) is 0 Å². The van der Waals surface area contributed by atoms with E-state index in [0.717, 1.165) is 6.42 Å². The molecule has 1 atom stereocenters. The summed E-state index contributed by atoms with van der Waals surface area (Å²) in [4.78, 5) is 12.7. The summed E-state index contributed by atoms with van der Waals surface area (Å²) in [5.74, 6) is 5.83. The van der Waals surface area contributed by atoms with Gasteiger partial charge in [-0.1, -0.05) is 12.8 Å². The zero-order valence-corrected chi connectivity index (χ0v) is 7.46. The molecular weight excluding hydrogens is 154 g/mol. The van der Waals surface area contributed by atoms with Crippen molar-refractivity contribution in [3.05, 3.63) is 0 Å². The van der Waals surface area contributed by atoms with Gasteiger partial charge >= 0.3 is 6.09 Å². The van der Waals surface area contributed by atoms with Crippen LogP contribution < -0.4 is 0 Å². The predicted molar refractivity (Wildman–Crippen MR) is 45.6 cm³/mol. The average Bonchev–Trinajstić information content (AvgIpc) is 2.35. The summed E-state index contributed by atoms with van der Waals surface area (Å²) in [6.07, 6.45) is 0.588. The Hall–Kier alpha value is -1.17. The molecule has 66 valence electrons. The molecule has 1 heterocycles. The third-order valence-corrected chi connectivity index (χ3v) is 1.77. The van der Waals surface area contributed by atoms with Crippen molar-refractivity contribution in [2.75, 3.05) is 13.2 Å². The Balaban J connectivity index is 2.44. The molecule has 1 aliphatic rings. The van der Waals surface area contributed by atoms with Gasteiger partial charge in [0.1, 0.15) is 6.61 Å². The highest BCUT2D eigenvalue weighted by Gasteiger charge is 2.28. The number of ether oxygens (including phenoxy) is 1. The first-order valence-corrected chi connectivity index (χ1v) is 4.14. The molecular formula is C9H13NO2. The van der Waals surface area contributed by atoms with E-state index in [1.807, 2.05) is 13.8 Å². The van der Waals surface area contributed by atoms with Gasteiger partial charge in [0.15, 0.2) is 0 Å². The van der Waals surface area contributed by atoms with Gasteiger partial charge in [-0.15, -0.1) is 5.92 Å². The SMILES string of the molecule is CCC#CCN1C(=O)OCC1C. The summed E-state index contributed by atoms with van der Waals surface area (Å²) in [5.41, 5.74) is 0. The Morgan fingerprint density at radius 2 is 2.42 bits per heavy atom. The predicted octanol–water partition coefficient (Wildman–Crippen LogP) is 1.24. The van der Waals surface area contributed by atoms with Crippen LogP contribution >= 0.6 is 0 Å². The third-order valence-electron chi connectivity index (χ3n) is 1.77. The minimum atomic E-state index is -0.243. The van der Waals surface area contributed by atoms with Crippen LogP contribution in [0.2, 0.25) is 0 Å². The Morgan fingerprint density at radius 3 is 2.92 bits per heavy atom. The molecule has 1 rings (SSSR count). The lowest BCUT2D eigenvalue weighted by molar-refractivity contribution is 0.161. The van der Waals surface area contributed by atoms with E-state index in [1.165, 1.54) is 0 Å². The molecule has 0 radical (unpaired) electrons. The lowest BCUT2D eigenvalue weighted by atomic mass is 10.3. The number of carbonyl (C=O) groups excluding carboxylic acids is 1. The van der Waals surface area contributed by atoms with Crippen LogP contribution in [0.15, 0.2) is 0 Å².